The number of primary sulfonamides is 1. The minimum Gasteiger partial charge on any atom is -0.354 e. The van der Waals surface area contributed by atoms with Gasteiger partial charge in [0.25, 0.3) is 0 Å². The van der Waals surface area contributed by atoms with Crippen LogP contribution in [0.5, 0.6) is 0 Å². The number of anilines is 1. The average molecular weight is 298 g/mol. The molecule has 0 saturated carbocycles. The summed E-state index contributed by atoms with van der Waals surface area (Å²) in [5.41, 5.74) is 0.945. The Kier molecular flexibility index (Phi) is 3.83. The maximum atomic E-state index is 11.2. The predicted molar refractivity (Wildman–Crippen MR) is 74.5 cm³/mol. The Labute approximate surface area is 115 Å². The molecule has 1 unspecified atom stereocenters. The molecule has 1 heterocycles. The zero-order valence-electron chi connectivity index (χ0n) is 10.5. The van der Waals surface area contributed by atoms with Crippen LogP contribution >= 0.6 is 11.3 Å². The summed E-state index contributed by atoms with van der Waals surface area (Å²) < 4.78 is 22.3. The first-order valence-electron chi connectivity index (χ1n) is 5.55. The number of aromatic nitrogens is 2. The topological polar surface area (TPSA) is 98.0 Å². The van der Waals surface area contributed by atoms with Crippen molar-refractivity contribution in [1.29, 1.82) is 0 Å². The van der Waals surface area contributed by atoms with Crippen molar-refractivity contribution in [3.63, 3.8) is 0 Å². The van der Waals surface area contributed by atoms with Crippen LogP contribution in [0.15, 0.2) is 29.2 Å². The van der Waals surface area contributed by atoms with Gasteiger partial charge in [0.2, 0.25) is 15.2 Å². The van der Waals surface area contributed by atoms with Crippen LogP contribution in [0.25, 0.3) is 0 Å². The van der Waals surface area contributed by atoms with E-state index in [0.717, 1.165) is 15.7 Å². The molecule has 0 spiro atoms. The van der Waals surface area contributed by atoms with Crippen LogP contribution in [-0.4, -0.2) is 18.6 Å². The minimum absolute atomic E-state index is 0.00174. The standard InChI is InChI=1S/C11H14N4O2S2/c1-7(13-11-15-14-8(2)18-11)9-3-5-10(6-4-9)19(12,16)17/h3-7H,1-2H3,(H,13,15)(H2,12,16,17). The summed E-state index contributed by atoms with van der Waals surface area (Å²) in [5.74, 6) is 0. The Balaban J connectivity index is 2.14. The highest BCUT2D eigenvalue weighted by Crippen LogP contribution is 2.22. The molecule has 0 fully saturated rings. The van der Waals surface area contributed by atoms with Crippen LogP contribution in [0, 0.1) is 6.92 Å². The molecule has 2 rings (SSSR count). The van der Waals surface area contributed by atoms with Gasteiger partial charge in [-0.2, -0.15) is 0 Å². The first kappa shape index (κ1) is 13.9. The van der Waals surface area contributed by atoms with E-state index in [9.17, 15) is 8.42 Å². The molecule has 0 radical (unpaired) electrons. The van der Waals surface area contributed by atoms with Crippen molar-refractivity contribution in [2.24, 2.45) is 5.14 Å². The molecule has 6 nitrogen and oxygen atoms in total. The van der Waals surface area contributed by atoms with Crippen LogP contribution in [0.2, 0.25) is 0 Å². The molecule has 1 aromatic carbocycles. The molecule has 0 aliphatic rings. The third-order valence-corrected chi connectivity index (χ3v) is 4.27. The van der Waals surface area contributed by atoms with Crippen LogP contribution in [0.4, 0.5) is 5.13 Å². The van der Waals surface area contributed by atoms with Crippen molar-refractivity contribution in [1.82, 2.24) is 10.2 Å². The highest BCUT2D eigenvalue weighted by Gasteiger charge is 2.11. The summed E-state index contributed by atoms with van der Waals surface area (Å²) in [6, 6.07) is 6.45. The van der Waals surface area contributed by atoms with Gasteiger partial charge in [-0.25, -0.2) is 13.6 Å². The molecule has 0 amide bonds. The van der Waals surface area contributed by atoms with Crippen LogP contribution < -0.4 is 10.5 Å². The molecule has 2 aromatic rings. The second kappa shape index (κ2) is 5.24. The van der Waals surface area contributed by atoms with Gasteiger partial charge in [-0.1, -0.05) is 23.5 Å². The number of sulfonamides is 1. The van der Waals surface area contributed by atoms with Crippen LogP contribution in [0.3, 0.4) is 0 Å². The van der Waals surface area contributed by atoms with Crippen molar-refractivity contribution < 1.29 is 8.42 Å². The number of hydrogen-bond acceptors (Lipinski definition) is 6. The number of rotatable bonds is 4. The van der Waals surface area contributed by atoms with Crippen molar-refractivity contribution >= 4 is 26.5 Å². The highest BCUT2D eigenvalue weighted by molar-refractivity contribution is 7.89. The van der Waals surface area contributed by atoms with Gasteiger partial charge in [0.05, 0.1) is 10.9 Å². The first-order valence-corrected chi connectivity index (χ1v) is 7.92. The van der Waals surface area contributed by atoms with E-state index in [0.29, 0.717) is 0 Å². The molecule has 0 bridgehead atoms. The second-order valence-corrected chi connectivity index (χ2v) is 6.85. The van der Waals surface area contributed by atoms with E-state index in [-0.39, 0.29) is 10.9 Å². The molecule has 1 aromatic heterocycles. The first-order chi connectivity index (χ1) is 8.86. The highest BCUT2D eigenvalue weighted by atomic mass is 32.2. The van der Waals surface area contributed by atoms with Gasteiger partial charge in [-0.3, -0.25) is 0 Å². The molecule has 0 aliphatic carbocycles. The van der Waals surface area contributed by atoms with Crippen molar-refractivity contribution in [3.05, 3.63) is 34.8 Å². The molecule has 3 N–H and O–H groups in total. The molecular weight excluding hydrogens is 284 g/mol. The lowest BCUT2D eigenvalue weighted by molar-refractivity contribution is 0.597. The fourth-order valence-corrected chi connectivity index (χ4v) is 2.76. The summed E-state index contributed by atoms with van der Waals surface area (Å²) in [6.45, 7) is 3.84. The Morgan fingerprint density at radius 2 is 1.89 bits per heavy atom. The number of nitrogens with two attached hydrogens (primary N) is 1. The molecular formula is C11H14N4O2S2. The lowest BCUT2D eigenvalue weighted by Crippen LogP contribution is -2.12. The molecule has 102 valence electrons. The van der Waals surface area contributed by atoms with E-state index in [1.165, 1.54) is 23.5 Å². The maximum absolute atomic E-state index is 11.2. The predicted octanol–water partition coefficient (Wildman–Crippen LogP) is 1.67. The Morgan fingerprint density at radius 1 is 1.26 bits per heavy atom. The lowest BCUT2D eigenvalue weighted by Gasteiger charge is -2.13. The average Bonchev–Trinajstić information content (AvgIpc) is 2.74. The summed E-state index contributed by atoms with van der Waals surface area (Å²) in [6.07, 6.45) is 0. The second-order valence-electron chi connectivity index (χ2n) is 4.11. The third-order valence-electron chi connectivity index (χ3n) is 2.57. The Morgan fingerprint density at radius 3 is 2.37 bits per heavy atom. The zero-order chi connectivity index (χ0) is 14.0. The van der Waals surface area contributed by atoms with Gasteiger partial charge in [0, 0.05) is 0 Å². The Hall–Kier alpha value is -1.51. The van der Waals surface area contributed by atoms with Gasteiger partial charge < -0.3 is 5.32 Å². The summed E-state index contributed by atoms with van der Waals surface area (Å²) in [4.78, 5) is 0.107. The smallest absolute Gasteiger partial charge is 0.238 e. The van der Waals surface area contributed by atoms with Gasteiger partial charge in [-0.15, -0.1) is 10.2 Å². The van der Waals surface area contributed by atoms with E-state index in [1.807, 2.05) is 13.8 Å². The molecule has 1 atom stereocenters. The fraction of sp³-hybridized carbons (Fsp3) is 0.273. The molecule has 0 saturated heterocycles. The largest absolute Gasteiger partial charge is 0.354 e. The van der Waals surface area contributed by atoms with E-state index in [2.05, 4.69) is 15.5 Å². The monoisotopic (exact) mass is 298 g/mol. The van der Waals surface area contributed by atoms with Gasteiger partial charge in [-0.05, 0) is 31.5 Å². The van der Waals surface area contributed by atoms with Gasteiger partial charge >= 0.3 is 0 Å². The number of nitrogens with one attached hydrogen (secondary N) is 1. The number of nitrogens with zero attached hydrogens (tertiary/aromatic N) is 2. The molecule has 8 heteroatoms. The third kappa shape index (κ3) is 3.49. The summed E-state index contributed by atoms with van der Waals surface area (Å²) in [7, 11) is -3.64. The van der Waals surface area contributed by atoms with Gasteiger partial charge in [0.1, 0.15) is 5.01 Å². The normalized spacial score (nSPS) is 13.2. The molecule has 19 heavy (non-hydrogen) atoms. The van der Waals surface area contributed by atoms with E-state index >= 15 is 0 Å². The number of benzene rings is 1. The van der Waals surface area contributed by atoms with Gasteiger partial charge in [0.15, 0.2) is 0 Å². The lowest BCUT2D eigenvalue weighted by atomic mass is 10.1. The maximum Gasteiger partial charge on any atom is 0.238 e. The molecule has 0 aliphatic heterocycles. The van der Waals surface area contributed by atoms with E-state index in [4.69, 9.17) is 5.14 Å². The number of aryl methyl sites for hydroxylation is 1. The number of hydrogen-bond donors (Lipinski definition) is 2. The van der Waals surface area contributed by atoms with Crippen LogP contribution in [0.1, 0.15) is 23.5 Å². The van der Waals surface area contributed by atoms with E-state index < -0.39 is 10.0 Å². The quantitative estimate of drug-likeness (QED) is 0.894. The SMILES string of the molecule is Cc1nnc(NC(C)c2ccc(S(N)(=O)=O)cc2)s1. The minimum atomic E-state index is -3.64. The van der Waals surface area contributed by atoms with Crippen molar-refractivity contribution in [2.45, 2.75) is 24.8 Å². The van der Waals surface area contributed by atoms with Crippen molar-refractivity contribution in [2.75, 3.05) is 5.32 Å². The van der Waals surface area contributed by atoms with E-state index in [1.54, 1.807) is 12.1 Å². The fourth-order valence-electron chi connectivity index (χ4n) is 1.57. The summed E-state index contributed by atoms with van der Waals surface area (Å²) >= 11 is 1.47. The summed E-state index contributed by atoms with van der Waals surface area (Å²) in [5, 5.41) is 17.8. The van der Waals surface area contributed by atoms with Crippen LogP contribution in [-0.2, 0) is 10.0 Å². The van der Waals surface area contributed by atoms with Crippen molar-refractivity contribution in [3.8, 4) is 0 Å². The zero-order valence-corrected chi connectivity index (χ0v) is 12.1. The Bertz CT molecular complexity index is 664.